The smallest absolute Gasteiger partial charge is 0.222 e. The number of hydrogen-bond donors (Lipinski definition) is 1. The average Bonchev–Trinajstić information content (AvgIpc) is 2.58. The summed E-state index contributed by atoms with van der Waals surface area (Å²) in [6.45, 7) is 2.07. The number of aryl methyl sites for hydroxylation is 2. The Morgan fingerprint density at radius 3 is 2.67 bits per heavy atom. The van der Waals surface area contributed by atoms with E-state index in [2.05, 4.69) is 5.10 Å². The zero-order valence-electron chi connectivity index (χ0n) is 10.1. The SMILES string of the molecule is Cc1nn(C)c(Oc2ccc(F)c(F)c2)c1CN. The van der Waals surface area contributed by atoms with Gasteiger partial charge in [0.05, 0.1) is 11.3 Å². The first-order valence-corrected chi connectivity index (χ1v) is 5.38. The number of ether oxygens (including phenoxy) is 1. The zero-order valence-corrected chi connectivity index (χ0v) is 10.1. The Hall–Kier alpha value is -1.95. The van der Waals surface area contributed by atoms with E-state index in [1.807, 2.05) is 0 Å². The van der Waals surface area contributed by atoms with Crippen LogP contribution in [-0.4, -0.2) is 9.78 Å². The highest BCUT2D eigenvalue weighted by molar-refractivity contribution is 5.35. The van der Waals surface area contributed by atoms with E-state index in [9.17, 15) is 8.78 Å². The number of hydrogen-bond acceptors (Lipinski definition) is 3. The molecule has 0 spiro atoms. The van der Waals surface area contributed by atoms with Crippen LogP contribution in [0.2, 0.25) is 0 Å². The van der Waals surface area contributed by atoms with Crippen LogP contribution in [-0.2, 0) is 13.6 Å². The lowest BCUT2D eigenvalue weighted by molar-refractivity contribution is 0.417. The molecule has 18 heavy (non-hydrogen) atoms. The van der Waals surface area contributed by atoms with Gasteiger partial charge in [0.1, 0.15) is 5.75 Å². The van der Waals surface area contributed by atoms with Gasteiger partial charge in [-0.3, -0.25) is 0 Å². The molecule has 0 bridgehead atoms. The molecular weight excluding hydrogens is 240 g/mol. The summed E-state index contributed by atoms with van der Waals surface area (Å²) in [5, 5.41) is 4.16. The van der Waals surface area contributed by atoms with Crippen molar-refractivity contribution in [3.05, 3.63) is 41.1 Å². The van der Waals surface area contributed by atoms with Crippen LogP contribution in [0.25, 0.3) is 0 Å². The number of nitrogens with two attached hydrogens (primary N) is 1. The van der Waals surface area contributed by atoms with E-state index in [0.717, 1.165) is 23.4 Å². The van der Waals surface area contributed by atoms with Gasteiger partial charge in [0.25, 0.3) is 0 Å². The molecule has 0 amide bonds. The summed E-state index contributed by atoms with van der Waals surface area (Å²) >= 11 is 0. The van der Waals surface area contributed by atoms with E-state index in [0.29, 0.717) is 5.88 Å². The lowest BCUT2D eigenvalue weighted by atomic mass is 10.2. The minimum Gasteiger partial charge on any atom is -0.439 e. The number of nitrogens with zero attached hydrogens (tertiary/aromatic N) is 2. The molecule has 6 heteroatoms. The van der Waals surface area contributed by atoms with E-state index in [-0.39, 0.29) is 12.3 Å². The highest BCUT2D eigenvalue weighted by atomic mass is 19.2. The Bertz CT molecular complexity index is 581. The summed E-state index contributed by atoms with van der Waals surface area (Å²) in [6.07, 6.45) is 0. The van der Waals surface area contributed by atoms with Gasteiger partial charge < -0.3 is 10.5 Å². The molecule has 0 fully saturated rings. The summed E-state index contributed by atoms with van der Waals surface area (Å²) < 4.78 is 32.9. The van der Waals surface area contributed by atoms with E-state index in [1.165, 1.54) is 10.7 Å². The Labute approximate surface area is 103 Å². The third kappa shape index (κ3) is 2.19. The molecule has 0 saturated carbocycles. The Morgan fingerprint density at radius 2 is 2.06 bits per heavy atom. The second-order valence-corrected chi connectivity index (χ2v) is 3.87. The van der Waals surface area contributed by atoms with Crippen molar-refractivity contribution in [1.82, 2.24) is 9.78 Å². The van der Waals surface area contributed by atoms with Crippen LogP contribution < -0.4 is 10.5 Å². The number of rotatable bonds is 3. The van der Waals surface area contributed by atoms with Gasteiger partial charge in [0.2, 0.25) is 5.88 Å². The third-order valence-corrected chi connectivity index (χ3v) is 2.60. The molecular formula is C12H13F2N3O. The van der Waals surface area contributed by atoms with Crippen molar-refractivity contribution in [1.29, 1.82) is 0 Å². The minimum absolute atomic E-state index is 0.201. The van der Waals surface area contributed by atoms with Gasteiger partial charge in [-0.05, 0) is 19.1 Å². The first-order valence-electron chi connectivity index (χ1n) is 5.38. The maximum Gasteiger partial charge on any atom is 0.222 e. The Kier molecular flexibility index (Phi) is 3.29. The molecule has 0 aliphatic rings. The molecule has 96 valence electrons. The highest BCUT2D eigenvalue weighted by Crippen LogP contribution is 2.27. The number of benzene rings is 1. The second kappa shape index (κ2) is 4.73. The lowest BCUT2D eigenvalue weighted by Crippen LogP contribution is -2.01. The normalized spacial score (nSPS) is 10.7. The van der Waals surface area contributed by atoms with Gasteiger partial charge in [0, 0.05) is 19.7 Å². The lowest BCUT2D eigenvalue weighted by Gasteiger charge is -2.08. The van der Waals surface area contributed by atoms with E-state index in [4.69, 9.17) is 10.5 Å². The molecule has 0 aliphatic heterocycles. The first kappa shape index (κ1) is 12.5. The van der Waals surface area contributed by atoms with Gasteiger partial charge in [-0.2, -0.15) is 5.10 Å². The van der Waals surface area contributed by atoms with Crippen molar-refractivity contribution in [3.8, 4) is 11.6 Å². The molecule has 1 aromatic heterocycles. The fourth-order valence-corrected chi connectivity index (χ4v) is 1.70. The first-order chi connectivity index (χ1) is 8.52. The molecule has 4 nitrogen and oxygen atoms in total. The fraction of sp³-hybridized carbons (Fsp3) is 0.250. The molecule has 2 N–H and O–H groups in total. The summed E-state index contributed by atoms with van der Waals surface area (Å²) in [7, 11) is 1.70. The van der Waals surface area contributed by atoms with Gasteiger partial charge in [-0.1, -0.05) is 0 Å². The maximum atomic E-state index is 13.1. The Balaban J connectivity index is 2.36. The van der Waals surface area contributed by atoms with Crippen molar-refractivity contribution in [2.75, 3.05) is 0 Å². The van der Waals surface area contributed by atoms with Gasteiger partial charge in [-0.25, -0.2) is 13.5 Å². The van der Waals surface area contributed by atoms with Crippen molar-refractivity contribution in [3.63, 3.8) is 0 Å². The van der Waals surface area contributed by atoms with Crippen LogP contribution in [0, 0.1) is 18.6 Å². The average molecular weight is 253 g/mol. The predicted octanol–water partition coefficient (Wildman–Crippen LogP) is 2.26. The molecule has 1 heterocycles. The van der Waals surface area contributed by atoms with Gasteiger partial charge >= 0.3 is 0 Å². The predicted molar refractivity (Wildman–Crippen MR) is 62.3 cm³/mol. The summed E-state index contributed by atoms with van der Waals surface area (Å²) in [6, 6.07) is 3.34. The minimum atomic E-state index is -0.958. The number of aromatic nitrogens is 2. The van der Waals surface area contributed by atoms with Crippen molar-refractivity contribution in [2.24, 2.45) is 12.8 Å². The van der Waals surface area contributed by atoms with Crippen LogP contribution in [0.15, 0.2) is 18.2 Å². The van der Waals surface area contributed by atoms with Crippen LogP contribution >= 0.6 is 0 Å². The molecule has 2 rings (SSSR count). The quantitative estimate of drug-likeness (QED) is 0.912. The highest BCUT2D eigenvalue weighted by Gasteiger charge is 2.14. The molecule has 0 aliphatic carbocycles. The summed E-state index contributed by atoms with van der Waals surface area (Å²) in [5.41, 5.74) is 7.09. The van der Waals surface area contributed by atoms with Crippen LogP contribution in [0.5, 0.6) is 11.6 Å². The van der Waals surface area contributed by atoms with E-state index >= 15 is 0 Å². The molecule has 1 aromatic carbocycles. The molecule has 0 saturated heterocycles. The third-order valence-electron chi connectivity index (χ3n) is 2.60. The van der Waals surface area contributed by atoms with Crippen molar-refractivity contribution >= 4 is 0 Å². The summed E-state index contributed by atoms with van der Waals surface area (Å²) in [4.78, 5) is 0. The van der Waals surface area contributed by atoms with E-state index in [1.54, 1.807) is 14.0 Å². The monoisotopic (exact) mass is 253 g/mol. The largest absolute Gasteiger partial charge is 0.439 e. The molecule has 0 unspecified atom stereocenters. The number of halogens is 2. The van der Waals surface area contributed by atoms with Gasteiger partial charge in [0.15, 0.2) is 11.6 Å². The molecule has 0 atom stereocenters. The Morgan fingerprint density at radius 1 is 1.33 bits per heavy atom. The van der Waals surface area contributed by atoms with Crippen molar-refractivity contribution in [2.45, 2.75) is 13.5 Å². The van der Waals surface area contributed by atoms with Crippen molar-refractivity contribution < 1.29 is 13.5 Å². The van der Waals surface area contributed by atoms with Crippen LogP contribution in [0.3, 0.4) is 0 Å². The second-order valence-electron chi connectivity index (χ2n) is 3.87. The zero-order chi connectivity index (χ0) is 13.3. The standard InChI is InChI=1S/C12H13F2N3O/c1-7-9(6-15)12(17(2)16-7)18-8-3-4-10(13)11(14)5-8/h3-5H,6,15H2,1-2H3. The topological polar surface area (TPSA) is 53.1 Å². The van der Waals surface area contributed by atoms with E-state index < -0.39 is 11.6 Å². The molecule has 0 radical (unpaired) electrons. The molecule has 2 aromatic rings. The maximum absolute atomic E-state index is 13.1. The van der Waals surface area contributed by atoms with Gasteiger partial charge in [-0.15, -0.1) is 0 Å². The van der Waals surface area contributed by atoms with Crippen LogP contribution in [0.4, 0.5) is 8.78 Å². The fourth-order valence-electron chi connectivity index (χ4n) is 1.70. The van der Waals surface area contributed by atoms with Crippen LogP contribution in [0.1, 0.15) is 11.3 Å². The summed E-state index contributed by atoms with van der Waals surface area (Å²) in [5.74, 6) is -1.24.